The fourth-order valence-electron chi connectivity index (χ4n) is 1.49. The van der Waals surface area contributed by atoms with E-state index in [9.17, 15) is 0 Å². The van der Waals surface area contributed by atoms with Crippen molar-refractivity contribution in [1.82, 2.24) is 5.32 Å². The summed E-state index contributed by atoms with van der Waals surface area (Å²) in [6.45, 7) is 5.02. The number of halogens is 1. The molecule has 2 nitrogen and oxygen atoms in total. The summed E-state index contributed by atoms with van der Waals surface area (Å²) in [5, 5.41) is 7.58. The lowest BCUT2D eigenvalue weighted by Crippen LogP contribution is -2.21. The van der Waals surface area contributed by atoms with Crippen LogP contribution in [0, 0.1) is 0 Å². The average Bonchev–Trinajstić information content (AvgIpc) is 2.82. The fourth-order valence-corrected chi connectivity index (χ4v) is 3.00. The molecule has 0 atom stereocenters. The van der Waals surface area contributed by atoms with Crippen molar-refractivity contribution in [2.45, 2.75) is 26.4 Å². The predicted molar refractivity (Wildman–Crippen MR) is 71.7 cm³/mol. The molecule has 4 heteroatoms. The molecule has 0 unspecified atom stereocenters. The van der Waals surface area contributed by atoms with Crippen LogP contribution in [0.3, 0.4) is 0 Å². The summed E-state index contributed by atoms with van der Waals surface area (Å²) in [5.41, 5.74) is 2.38. The van der Waals surface area contributed by atoms with Gasteiger partial charge < -0.3 is 9.73 Å². The van der Waals surface area contributed by atoms with Gasteiger partial charge in [-0.15, -0.1) is 0 Å². The third kappa shape index (κ3) is 2.56. The first-order valence-corrected chi connectivity index (χ1v) is 6.94. The van der Waals surface area contributed by atoms with Crippen molar-refractivity contribution < 1.29 is 4.42 Å². The number of nitrogens with one attached hydrogen (secondary N) is 1. The summed E-state index contributed by atoms with van der Waals surface area (Å²) < 4.78 is 6.64. The van der Waals surface area contributed by atoms with Crippen LogP contribution in [0.2, 0.25) is 0 Å². The Bertz CT molecular complexity index is 461. The van der Waals surface area contributed by atoms with Crippen LogP contribution in [0.5, 0.6) is 0 Å². The number of rotatable bonds is 4. The first kappa shape index (κ1) is 11.9. The zero-order chi connectivity index (χ0) is 11.5. The summed E-state index contributed by atoms with van der Waals surface area (Å²) in [6, 6.07) is 2.48. The third-order valence-electron chi connectivity index (χ3n) is 2.32. The largest absolute Gasteiger partial charge is 0.467 e. The minimum Gasteiger partial charge on any atom is -0.467 e. The molecule has 0 saturated carbocycles. The van der Waals surface area contributed by atoms with Crippen LogP contribution in [0.4, 0.5) is 0 Å². The number of hydrogen-bond donors (Lipinski definition) is 1. The number of thiophene rings is 1. The molecule has 0 aliphatic carbocycles. The molecule has 2 rings (SSSR count). The second-order valence-corrected chi connectivity index (χ2v) is 5.52. The Kier molecular flexibility index (Phi) is 3.84. The Labute approximate surface area is 108 Å². The van der Waals surface area contributed by atoms with E-state index in [0.717, 1.165) is 16.8 Å². The molecule has 2 aromatic heterocycles. The van der Waals surface area contributed by atoms with Gasteiger partial charge in [-0.05, 0) is 27.4 Å². The smallest absolute Gasteiger partial charge is 0.125 e. The maximum absolute atomic E-state index is 5.52. The molecule has 0 fully saturated rings. The van der Waals surface area contributed by atoms with E-state index in [1.807, 2.05) is 6.07 Å². The molecule has 0 aliphatic heterocycles. The highest BCUT2D eigenvalue weighted by molar-refractivity contribution is 9.10. The molecular weight excluding hydrogens is 286 g/mol. The van der Waals surface area contributed by atoms with E-state index in [1.165, 1.54) is 11.1 Å². The van der Waals surface area contributed by atoms with Gasteiger partial charge >= 0.3 is 0 Å². The Morgan fingerprint density at radius 3 is 2.81 bits per heavy atom. The highest BCUT2D eigenvalue weighted by Crippen LogP contribution is 2.34. The average molecular weight is 300 g/mol. The molecule has 0 amide bonds. The monoisotopic (exact) mass is 299 g/mol. The van der Waals surface area contributed by atoms with Crippen molar-refractivity contribution in [1.29, 1.82) is 0 Å². The Balaban J connectivity index is 2.23. The van der Waals surface area contributed by atoms with Gasteiger partial charge in [0.2, 0.25) is 0 Å². The SMILES string of the molecule is CC(C)NCc1occc1-c1cscc1Br. The summed E-state index contributed by atoms with van der Waals surface area (Å²) >= 11 is 5.24. The number of hydrogen-bond acceptors (Lipinski definition) is 3. The zero-order valence-electron chi connectivity index (χ0n) is 9.29. The lowest BCUT2D eigenvalue weighted by atomic mass is 10.1. The van der Waals surface area contributed by atoms with Crippen LogP contribution >= 0.6 is 27.3 Å². The minimum absolute atomic E-state index is 0.462. The molecule has 1 N–H and O–H groups in total. The second kappa shape index (κ2) is 5.17. The quantitative estimate of drug-likeness (QED) is 0.912. The van der Waals surface area contributed by atoms with Crippen molar-refractivity contribution in [3.05, 3.63) is 33.3 Å². The summed E-state index contributed by atoms with van der Waals surface area (Å²) in [7, 11) is 0. The minimum atomic E-state index is 0.462. The molecule has 2 aromatic rings. The molecule has 0 aromatic carbocycles. The van der Waals surface area contributed by atoms with E-state index >= 15 is 0 Å². The molecular formula is C12H14BrNOS. The zero-order valence-corrected chi connectivity index (χ0v) is 11.7. The van der Waals surface area contributed by atoms with Crippen LogP contribution in [0.1, 0.15) is 19.6 Å². The van der Waals surface area contributed by atoms with E-state index in [4.69, 9.17) is 4.42 Å². The summed E-state index contributed by atoms with van der Waals surface area (Å²) in [6.07, 6.45) is 1.75. The normalized spacial score (nSPS) is 11.2. The number of furan rings is 1. The van der Waals surface area contributed by atoms with Gasteiger partial charge in [-0.25, -0.2) is 0 Å². The summed E-state index contributed by atoms with van der Waals surface area (Å²) in [4.78, 5) is 0. The molecule has 0 saturated heterocycles. The standard InChI is InChI=1S/C12H14BrNOS/c1-8(2)14-5-12-9(3-4-15-12)10-6-16-7-11(10)13/h3-4,6-8,14H,5H2,1-2H3. The molecule has 0 radical (unpaired) electrons. The topological polar surface area (TPSA) is 25.2 Å². The second-order valence-electron chi connectivity index (χ2n) is 3.93. The lowest BCUT2D eigenvalue weighted by Gasteiger charge is -2.07. The van der Waals surface area contributed by atoms with Crippen molar-refractivity contribution in [2.24, 2.45) is 0 Å². The Morgan fingerprint density at radius 1 is 1.38 bits per heavy atom. The van der Waals surface area contributed by atoms with E-state index in [1.54, 1.807) is 17.6 Å². The van der Waals surface area contributed by atoms with Gasteiger partial charge in [0.25, 0.3) is 0 Å². The van der Waals surface area contributed by atoms with Gasteiger partial charge in [0.05, 0.1) is 12.8 Å². The Hall–Kier alpha value is -0.580. The maximum atomic E-state index is 5.52. The van der Waals surface area contributed by atoms with Crippen molar-refractivity contribution >= 4 is 27.3 Å². The van der Waals surface area contributed by atoms with Crippen LogP contribution in [0.25, 0.3) is 11.1 Å². The van der Waals surface area contributed by atoms with Crippen LogP contribution in [0.15, 0.2) is 32.0 Å². The first-order chi connectivity index (χ1) is 7.68. The van der Waals surface area contributed by atoms with Crippen molar-refractivity contribution in [3.63, 3.8) is 0 Å². The predicted octanol–water partition coefficient (Wildman–Crippen LogP) is 4.27. The highest BCUT2D eigenvalue weighted by Gasteiger charge is 2.12. The molecule has 86 valence electrons. The molecule has 2 heterocycles. The van der Waals surface area contributed by atoms with E-state index in [0.29, 0.717) is 6.04 Å². The van der Waals surface area contributed by atoms with Crippen LogP contribution < -0.4 is 5.32 Å². The van der Waals surface area contributed by atoms with Gasteiger partial charge in [-0.3, -0.25) is 0 Å². The maximum Gasteiger partial charge on any atom is 0.125 e. The highest BCUT2D eigenvalue weighted by atomic mass is 79.9. The van der Waals surface area contributed by atoms with Crippen LogP contribution in [-0.2, 0) is 6.54 Å². The molecule has 16 heavy (non-hydrogen) atoms. The van der Waals surface area contributed by atoms with Gasteiger partial charge in [0, 0.05) is 27.0 Å². The lowest BCUT2D eigenvalue weighted by molar-refractivity contribution is 0.466. The van der Waals surface area contributed by atoms with Gasteiger partial charge in [-0.1, -0.05) is 13.8 Å². The molecule has 0 aliphatic rings. The van der Waals surface area contributed by atoms with Crippen molar-refractivity contribution in [3.8, 4) is 11.1 Å². The fraction of sp³-hybridized carbons (Fsp3) is 0.333. The van der Waals surface area contributed by atoms with Gasteiger partial charge in [0.15, 0.2) is 0 Å². The molecule has 0 bridgehead atoms. The van der Waals surface area contributed by atoms with E-state index in [-0.39, 0.29) is 0 Å². The first-order valence-electron chi connectivity index (χ1n) is 5.20. The van der Waals surface area contributed by atoms with Crippen LogP contribution in [-0.4, -0.2) is 6.04 Å². The molecule has 0 spiro atoms. The van der Waals surface area contributed by atoms with E-state index in [2.05, 4.69) is 45.9 Å². The van der Waals surface area contributed by atoms with Gasteiger partial charge in [0.1, 0.15) is 5.76 Å². The van der Waals surface area contributed by atoms with E-state index < -0.39 is 0 Å². The summed E-state index contributed by atoms with van der Waals surface area (Å²) in [5.74, 6) is 0.993. The van der Waals surface area contributed by atoms with Crippen molar-refractivity contribution in [2.75, 3.05) is 0 Å². The third-order valence-corrected chi connectivity index (χ3v) is 4.02. The Morgan fingerprint density at radius 2 is 2.19 bits per heavy atom. The van der Waals surface area contributed by atoms with Gasteiger partial charge in [-0.2, -0.15) is 11.3 Å².